The average molecular weight is 214 g/mol. The van der Waals surface area contributed by atoms with Crippen LogP contribution in [0, 0.1) is 5.92 Å². The Morgan fingerprint density at radius 1 is 1.33 bits per heavy atom. The molecule has 0 amide bonds. The first-order chi connectivity index (χ1) is 6.50. The summed E-state index contributed by atoms with van der Waals surface area (Å²) in [7, 11) is 0. The van der Waals surface area contributed by atoms with Crippen LogP contribution in [0.25, 0.3) is 0 Å². The third-order valence-corrected chi connectivity index (χ3v) is 2.00. The first kappa shape index (κ1) is 13.2. The van der Waals surface area contributed by atoms with Gasteiger partial charge in [0, 0.05) is 0 Å². The SMILES string of the molecule is CC(Cc1ccc(O)c(O)c1)C(=O)O.O. The summed E-state index contributed by atoms with van der Waals surface area (Å²) >= 11 is 0. The maximum absolute atomic E-state index is 10.5. The van der Waals surface area contributed by atoms with Crippen LogP contribution in [-0.2, 0) is 11.2 Å². The molecular weight excluding hydrogens is 200 g/mol. The van der Waals surface area contributed by atoms with Crippen LogP contribution in [0.15, 0.2) is 18.2 Å². The Balaban J connectivity index is 0.00000196. The molecule has 0 radical (unpaired) electrons. The van der Waals surface area contributed by atoms with Crippen molar-refractivity contribution in [3.05, 3.63) is 23.8 Å². The van der Waals surface area contributed by atoms with Crippen LogP contribution >= 0.6 is 0 Å². The van der Waals surface area contributed by atoms with Gasteiger partial charge in [-0.2, -0.15) is 0 Å². The Morgan fingerprint density at radius 3 is 2.40 bits per heavy atom. The average Bonchev–Trinajstić information content (AvgIpc) is 2.11. The van der Waals surface area contributed by atoms with Gasteiger partial charge in [-0.05, 0) is 24.1 Å². The Kier molecular flexibility index (Phi) is 4.60. The molecule has 0 spiro atoms. The molecule has 1 rings (SSSR count). The maximum atomic E-state index is 10.5. The second-order valence-electron chi connectivity index (χ2n) is 3.27. The van der Waals surface area contributed by atoms with Crippen molar-refractivity contribution >= 4 is 5.97 Å². The third-order valence-electron chi connectivity index (χ3n) is 2.00. The first-order valence-electron chi connectivity index (χ1n) is 4.24. The van der Waals surface area contributed by atoms with Gasteiger partial charge in [-0.1, -0.05) is 13.0 Å². The van der Waals surface area contributed by atoms with Crippen LogP contribution in [0.1, 0.15) is 12.5 Å². The zero-order chi connectivity index (χ0) is 10.7. The lowest BCUT2D eigenvalue weighted by molar-refractivity contribution is -0.141. The number of carboxylic acids is 1. The highest BCUT2D eigenvalue weighted by atomic mass is 16.4. The summed E-state index contributed by atoms with van der Waals surface area (Å²) in [6, 6.07) is 4.31. The molecule has 84 valence electrons. The van der Waals surface area contributed by atoms with Gasteiger partial charge in [0.15, 0.2) is 11.5 Å². The van der Waals surface area contributed by atoms with Gasteiger partial charge in [-0.15, -0.1) is 0 Å². The molecule has 1 aromatic carbocycles. The second-order valence-corrected chi connectivity index (χ2v) is 3.27. The molecule has 5 nitrogen and oxygen atoms in total. The number of hydrogen-bond acceptors (Lipinski definition) is 3. The first-order valence-corrected chi connectivity index (χ1v) is 4.24. The standard InChI is InChI=1S/C10H12O4.H2O/c1-6(10(13)14)4-7-2-3-8(11)9(12)5-7;/h2-3,5-6,11-12H,4H2,1H3,(H,13,14);1H2. The van der Waals surface area contributed by atoms with E-state index < -0.39 is 11.9 Å². The summed E-state index contributed by atoms with van der Waals surface area (Å²) < 4.78 is 0. The van der Waals surface area contributed by atoms with Gasteiger partial charge in [0.25, 0.3) is 0 Å². The molecule has 0 saturated carbocycles. The van der Waals surface area contributed by atoms with Gasteiger partial charge in [-0.3, -0.25) is 4.79 Å². The lowest BCUT2D eigenvalue weighted by atomic mass is 10.0. The topological polar surface area (TPSA) is 109 Å². The molecule has 0 aliphatic carbocycles. The van der Waals surface area contributed by atoms with Gasteiger partial charge >= 0.3 is 5.97 Å². The molecule has 1 aromatic rings. The lowest BCUT2D eigenvalue weighted by Crippen LogP contribution is -2.12. The van der Waals surface area contributed by atoms with Gasteiger partial charge in [0.05, 0.1) is 5.92 Å². The van der Waals surface area contributed by atoms with Crippen molar-refractivity contribution in [2.24, 2.45) is 5.92 Å². The van der Waals surface area contributed by atoms with Crippen LogP contribution in [0.2, 0.25) is 0 Å². The second kappa shape index (κ2) is 5.21. The van der Waals surface area contributed by atoms with Crippen molar-refractivity contribution < 1.29 is 25.6 Å². The van der Waals surface area contributed by atoms with Crippen LogP contribution in [0.5, 0.6) is 11.5 Å². The molecule has 15 heavy (non-hydrogen) atoms. The minimum Gasteiger partial charge on any atom is -0.504 e. The van der Waals surface area contributed by atoms with Gasteiger partial charge in [0.1, 0.15) is 0 Å². The fourth-order valence-corrected chi connectivity index (χ4v) is 1.14. The van der Waals surface area contributed by atoms with E-state index in [0.717, 1.165) is 0 Å². The number of benzene rings is 1. The van der Waals surface area contributed by atoms with Crippen LogP contribution in [0.3, 0.4) is 0 Å². The van der Waals surface area contributed by atoms with Crippen molar-refractivity contribution in [2.75, 3.05) is 0 Å². The van der Waals surface area contributed by atoms with Gasteiger partial charge < -0.3 is 20.8 Å². The monoisotopic (exact) mass is 214 g/mol. The number of aromatic hydroxyl groups is 2. The number of aliphatic carboxylic acids is 1. The van der Waals surface area contributed by atoms with Crippen molar-refractivity contribution in [3.8, 4) is 11.5 Å². The lowest BCUT2D eigenvalue weighted by Gasteiger charge is -2.06. The molecule has 1 unspecified atom stereocenters. The predicted octanol–water partition coefficient (Wildman–Crippen LogP) is 0.536. The van der Waals surface area contributed by atoms with E-state index in [1.54, 1.807) is 13.0 Å². The highest BCUT2D eigenvalue weighted by Gasteiger charge is 2.12. The Labute approximate surface area is 86.9 Å². The zero-order valence-electron chi connectivity index (χ0n) is 8.27. The van der Waals surface area contributed by atoms with Crippen molar-refractivity contribution in [1.29, 1.82) is 0 Å². The molecule has 5 N–H and O–H groups in total. The Morgan fingerprint density at radius 2 is 1.93 bits per heavy atom. The number of carboxylic acid groups (broad SMARTS) is 1. The smallest absolute Gasteiger partial charge is 0.306 e. The molecule has 0 aromatic heterocycles. The van der Waals surface area contributed by atoms with E-state index in [0.29, 0.717) is 12.0 Å². The summed E-state index contributed by atoms with van der Waals surface area (Å²) in [4.78, 5) is 10.5. The summed E-state index contributed by atoms with van der Waals surface area (Å²) in [5, 5.41) is 26.8. The number of phenols is 2. The van der Waals surface area contributed by atoms with E-state index in [9.17, 15) is 4.79 Å². The molecule has 0 heterocycles. The molecule has 0 fully saturated rings. The fourth-order valence-electron chi connectivity index (χ4n) is 1.14. The number of phenolic OH excluding ortho intramolecular Hbond substituents is 2. The van der Waals surface area contributed by atoms with Crippen LogP contribution in [-0.4, -0.2) is 26.8 Å². The van der Waals surface area contributed by atoms with Crippen molar-refractivity contribution in [1.82, 2.24) is 0 Å². The molecule has 1 atom stereocenters. The van der Waals surface area contributed by atoms with Crippen molar-refractivity contribution in [2.45, 2.75) is 13.3 Å². The number of rotatable bonds is 3. The van der Waals surface area contributed by atoms with E-state index in [2.05, 4.69) is 0 Å². The summed E-state index contributed by atoms with van der Waals surface area (Å²) in [5.41, 5.74) is 0.690. The number of hydrogen-bond donors (Lipinski definition) is 3. The molecule has 0 aliphatic heterocycles. The van der Waals surface area contributed by atoms with E-state index in [4.69, 9.17) is 15.3 Å². The van der Waals surface area contributed by atoms with Gasteiger partial charge in [0.2, 0.25) is 0 Å². The minimum atomic E-state index is -0.877. The largest absolute Gasteiger partial charge is 0.504 e. The normalized spacial score (nSPS) is 11.5. The number of carbonyl (C=O) groups is 1. The quantitative estimate of drug-likeness (QED) is 0.637. The maximum Gasteiger partial charge on any atom is 0.306 e. The molecule has 0 saturated heterocycles. The minimum absolute atomic E-state index is 0. The fraction of sp³-hybridized carbons (Fsp3) is 0.300. The van der Waals surface area contributed by atoms with Crippen LogP contribution in [0.4, 0.5) is 0 Å². The summed E-state index contributed by atoms with van der Waals surface area (Å²) in [5.74, 6) is -1.80. The Bertz CT molecular complexity index is 348. The molecule has 5 heteroatoms. The van der Waals surface area contributed by atoms with E-state index in [1.165, 1.54) is 12.1 Å². The summed E-state index contributed by atoms with van der Waals surface area (Å²) in [6.45, 7) is 1.59. The zero-order valence-corrected chi connectivity index (χ0v) is 8.27. The molecule has 0 bridgehead atoms. The molecule has 0 aliphatic rings. The van der Waals surface area contributed by atoms with E-state index in [-0.39, 0.29) is 17.0 Å². The highest BCUT2D eigenvalue weighted by Crippen LogP contribution is 2.25. The Hall–Kier alpha value is -1.75. The third kappa shape index (κ3) is 3.47. The predicted molar refractivity (Wildman–Crippen MR) is 53.9 cm³/mol. The van der Waals surface area contributed by atoms with Crippen LogP contribution < -0.4 is 0 Å². The van der Waals surface area contributed by atoms with Crippen molar-refractivity contribution in [3.63, 3.8) is 0 Å². The van der Waals surface area contributed by atoms with Gasteiger partial charge in [-0.25, -0.2) is 0 Å². The van der Waals surface area contributed by atoms with E-state index in [1.807, 2.05) is 0 Å². The highest BCUT2D eigenvalue weighted by molar-refractivity contribution is 5.69. The van der Waals surface area contributed by atoms with E-state index >= 15 is 0 Å². The molecular formula is C10H14O5. The summed E-state index contributed by atoms with van der Waals surface area (Å²) in [6.07, 6.45) is 0.336.